The summed E-state index contributed by atoms with van der Waals surface area (Å²) in [4.78, 5) is 31.1. The van der Waals surface area contributed by atoms with Crippen molar-refractivity contribution in [3.05, 3.63) is 48.0 Å². The van der Waals surface area contributed by atoms with Crippen LogP contribution in [0.2, 0.25) is 0 Å². The highest BCUT2D eigenvalue weighted by Gasteiger charge is 2.31. The zero-order valence-electron chi connectivity index (χ0n) is 17.0. The van der Waals surface area contributed by atoms with Gasteiger partial charge >= 0.3 is 0 Å². The van der Waals surface area contributed by atoms with Crippen molar-refractivity contribution >= 4 is 17.5 Å². The van der Waals surface area contributed by atoms with Crippen molar-refractivity contribution in [2.24, 2.45) is 7.05 Å². The number of likely N-dealkylation sites (tertiary alicyclic amines) is 1. The Morgan fingerprint density at radius 2 is 2.10 bits per heavy atom. The fourth-order valence-electron chi connectivity index (χ4n) is 3.74. The van der Waals surface area contributed by atoms with E-state index in [-0.39, 0.29) is 17.9 Å². The smallest absolute Gasteiger partial charge is 0.261 e. The molecule has 1 aliphatic heterocycles. The first-order valence-corrected chi connectivity index (χ1v) is 10.0. The van der Waals surface area contributed by atoms with E-state index < -0.39 is 0 Å². The highest BCUT2D eigenvalue weighted by Crippen LogP contribution is 2.31. The molecule has 9 nitrogen and oxygen atoms in total. The van der Waals surface area contributed by atoms with Crippen LogP contribution in [-0.4, -0.2) is 43.2 Å². The van der Waals surface area contributed by atoms with Gasteiger partial charge in [-0.25, -0.2) is 0 Å². The van der Waals surface area contributed by atoms with Gasteiger partial charge in [-0.15, -0.1) is 0 Å². The Morgan fingerprint density at radius 1 is 1.23 bits per heavy atom. The number of hydrogen-bond acceptors (Lipinski definition) is 6. The summed E-state index contributed by atoms with van der Waals surface area (Å²) in [6, 6.07) is 6.71. The topological polar surface area (TPSA) is 106 Å². The zero-order valence-corrected chi connectivity index (χ0v) is 17.0. The number of nitrogens with one attached hydrogen (secondary N) is 1. The summed E-state index contributed by atoms with van der Waals surface area (Å²) in [6.07, 6.45) is 7.18. The molecule has 3 heterocycles. The molecule has 0 radical (unpaired) electrons. The molecular formula is C21H24N6O3. The van der Waals surface area contributed by atoms with E-state index in [4.69, 9.17) is 4.52 Å². The van der Waals surface area contributed by atoms with Crippen LogP contribution in [0.5, 0.6) is 0 Å². The second-order valence-electron chi connectivity index (χ2n) is 7.49. The Labute approximate surface area is 174 Å². The molecule has 0 aliphatic carbocycles. The molecule has 30 heavy (non-hydrogen) atoms. The van der Waals surface area contributed by atoms with Crippen molar-refractivity contribution in [2.75, 3.05) is 11.9 Å². The summed E-state index contributed by atoms with van der Waals surface area (Å²) in [6.45, 7) is 2.06. The van der Waals surface area contributed by atoms with Crippen molar-refractivity contribution in [3.63, 3.8) is 0 Å². The summed E-state index contributed by atoms with van der Waals surface area (Å²) < 4.78 is 7.12. The van der Waals surface area contributed by atoms with Crippen LogP contribution in [-0.2, 0) is 11.8 Å². The van der Waals surface area contributed by atoms with Gasteiger partial charge in [0.25, 0.3) is 11.8 Å². The summed E-state index contributed by atoms with van der Waals surface area (Å²) in [5, 5.41) is 11.0. The van der Waals surface area contributed by atoms with E-state index in [1.54, 1.807) is 41.3 Å². The lowest BCUT2D eigenvalue weighted by molar-refractivity contribution is -0.114. The standard InChI is InChI=1S/C21H24N6O3/c1-14(28)23-17-8-6-7-15(11-17)21(29)27-10-5-3-4-9-18(27)19-24-20(30-25-19)16-12-22-26(2)13-16/h6-8,11-13,18H,3-5,9-10H2,1-2H3,(H,23,28)/t18-/m1/s1. The number of aryl methyl sites for hydroxylation is 1. The van der Waals surface area contributed by atoms with Crippen LogP contribution in [0.3, 0.4) is 0 Å². The molecule has 9 heteroatoms. The fraction of sp³-hybridized carbons (Fsp3) is 0.381. The van der Waals surface area contributed by atoms with Gasteiger partial charge in [0.15, 0.2) is 5.82 Å². The molecule has 1 aliphatic rings. The van der Waals surface area contributed by atoms with E-state index in [0.717, 1.165) is 31.2 Å². The van der Waals surface area contributed by atoms with Gasteiger partial charge in [-0.05, 0) is 31.0 Å². The van der Waals surface area contributed by atoms with E-state index in [9.17, 15) is 9.59 Å². The van der Waals surface area contributed by atoms with Gasteiger partial charge in [0.2, 0.25) is 5.91 Å². The summed E-state index contributed by atoms with van der Waals surface area (Å²) in [5.74, 6) is 0.605. The van der Waals surface area contributed by atoms with E-state index in [0.29, 0.717) is 29.5 Å². The lowest BCUT2D eigenvalue weighted by Crippen LogP contribution is -2.35. The fourth-order valence-corrected chi connectivity index (χ4v) is 3.74. The van der Waals surface area contributed by atoms with Crippen LogP contribution >= 0.6 is 0 Å². The molecule has 1 fully saturated rings. The van der Waals surface area contributed by atoms with Crippen LogP contribution in [0.25, 0.3) is 11.5 Å². The number of carbonyl (C=O) groups excluding carboxylic acids is 2. The molecule has 3 aromatic rings. The van der Waals surface area contributed by atoms with Gasteiger partial charge in [0.1, 0.15) is 0 Å². The normalized spacial score (nSPS) is 16.9. The van der Waals surface area contributed by atoms with E-state index >= 15 is 0 Å². The molecule has 4 rings (SSSR count). The molecule has 0 saturated carbocycles. The van der Waals surface area contributed by atoms with E-state index in [2.05, 4.69) is 20.6 Å². The summed E-state index contributed by atoms with van der Waals surface area (Å²) in [5.41, 5.74) is 1.85. The molecular weight excluding hydrogens is 384 g/mol. The second kappa shape index (κ2) is 8.48. The van der Waals surface area contributed by atoms with E-state index in [1.165, 1.54) is 6.92 Å². The van der Waals surface area contributed by atoms with Crippen LogP contribution in [0.4, 0.5) is 5.69 Å². The largest absolute Gasteiger partial charge is 0.334 e. The highest BCUT2D eigenvalue weighted by molar-refractivity contribution is 5.97. The SMILES string of the molecule is CC(=O)Nc1cccc(C(=O)N2CCCCC[C@@H]2c2noc(-c3cnn(C)c3)n2)c1. The van der Waals surface area contributed by atoms with Crippen molar-refractivity contribution in [1.29, 1.82) is 0 Å². The van der Waals surface area contributed by atoms with Gasteiger partial charge in [0.05, 0.1) is 17.8 Å². The Kier molecular flexibility index (Phi) is 5.60. The van der Waals surface area contributed by atoms with Gasteiger partial charge < -0.3 is 14.7 Å². The molecule has 1 saturated heterocycles. The van der Waals surface area contributed by atoms with Crippen molar-refractivity contribution in [2.45, 2.75) is 38.6 Å². The highest BCUT2D eigenvalue weighted by atomic mass is 16.5. The minimum Gasteiger partial charge on any atom is -0.334 e. The minimum absolute atomic E-state index is 0.109. The Hall–Kier alpha value is -3.49. The third-order valence-electron chi connectivity index (χ3n) is 5.14. The number of nitrogens with zero attached hydrogens (tertiary/aromatic N) is 5. The van der Waals surface area contributed by atoms with Gasteiger partial charge in [-0.1, -0.05) is 24.1 Å². The molecule has 0 spiro atoms. The monoisotopic (exact) mass is 408 g/mol. The molecule has 1 aromatic carbocycles. The quantitative estimate of drug-likeness (QED) is 0.711. The molecule has 2 aromatic heterocycles. The number of carbonyl (C=O) groups is 2. The second-order valence-corrected chi connectivity index (χ2v) is 7.49. The average molecular weight is 408 g/mol. The molecule has 0 bridgehead atoms. The van der Waals surface area contributed by atoms with Gasteiger partial charge in [0, 0.05) is 38.0 Å². The lowest BCUT2D eigenvalue weighted by atomic mass is 10.1. The predicted octanol–water partition coefficient (Wildman–Crippen LogP) is 3.19. The van der Waals surface area contributed by atoms with Crippen molar-refractivity contribution < 1.29 is 14.1 Å². The number of rotatable bonds is 4. The van der Waals surface area contributed by atoms with Crippen LogP contribution in [0.1, 0.15) is 54.8 Å². The Balaban J connectivity index is 1.61. The number of aromatic nitrogens is 4. The predicted molar refractivity (Wildman–Crippen MR) is 109 cm³/mol. The van der Waals surface area contributed by atoms with Crippen LogP contribution < -0.4 is 5.32 Å². The maximum atomic E-state index is 13.4. The Bertz CT molecular complexity index is 1060. The number of benzene rings is 1. The lowest BCUT2D eigenvalue weighted by Gasteiger charge is -2.28. The third-order valence-corrected chi connectivity index (χ3v) is 5.14. The maximum Gasteiger partial charge on any atom is 0.261 e. The maximum absolute atomic E-state index is 13.4. The first kappa shape index (κ1) is 19.8. The summed E-state index contributed by atoms with van der Waals surface area (Å²) >= 11 is 0. The molecule has 156 valence electrons. The van der Waals surface area contributed by atoms with Crippen LogP contribution in [0.15, 0.2) is 41.2 Å². The first-order valence-electron chi connectivity index (χ1n) is 10.0. The molecule has 1 N–H and O–H groups in total. The van der Waals surface area contributed by atoms with Crippen molar-refractivity contribution in [3.8, 4) is 11.5 Å². The van der Waals surface area contributed by atoms with Gasteiger partial charge in [-0.3, -0.25) is 14.3 Å². The number of amides is 2. The van der Waals surface area contributed by atoms with Crippen LogP contribution in [0, 0.1) is 0 Å². The average Bonchev–Trinajstić information content (AvgIpc) is 3.30. The van der Waals surface area contributed by atoms with Gasteiger partial charge in [-0.2, -0.15) is 10.1 Å². The third kappa shape index (κ3) is 4.24. The molecule has 0 unspecified atom stereocenters. The van der Waals surface area contributed by atoms with E-state index in [1.807, 2.05) is 11.9 Å². The first-order chi connectivity index (χ1) is 14.5. The number of hydrogen-bond donors (Lipinski definition) is 1. The molecule has 2 amide bonds. The number of anilines is 1. The Morgan fingerprint density at radius 3 is 2.87 bits per heavy atom. The minimum atomic E-state index is -0.265. The van der Waals surface area contributed by atoms with Crippen molar-refractivity contribution in [1.82, 2.24) is 24.8 Å². The summed E-state index contributed by atoms with van der Waals surface area (Å²) in [7, 11) is 1.82. The zero-order chi connectivity index (χ0) is 21.1. The molecule has 1 atom stereocenters.